The van der Waals surface area contributed by atoms with Gasteiger partial charge in [0.15, 0.2) is 0 Å². The third-order valence-electron chi connectivity index (χ3n) is 4.52. The highest BCUT2D eigenvalue weighted by atomic mass is 16.2. The zero-order valence-corrected chi connectivity index (χ0v) is 12.5. The molecule has 2 heterocycles. The number of amides is 1. The van der Waals surface area contributed by atoms with Crippen molar-refractivity contribution in [2.24, 2.45) is 5.92 Å². The highest BCUT2D eigenvalue weighted by Crippen LogP contribution is 2.32. The second-order valence-corrected chi connectivity index (χ2v) is 5.73. The highest BCUT2D eigenvalue weighted by molar-refractivity contribution is 5.97. The largest absolute Gasteiger partial charge is 0.312 e. The smallest absolute Gasteiger partial charge is 0.230 e. The molecule has 2 unspecified atom stereocenters. The maximum Gasteiger partial charge on any atom is 0.230 e. The van der Waals surface area contributed by atoms with Gasteiger partial charge in [0.2, 0.25) is 5.91 Å². The molecule has 0 N–H and O–H groups in total. The minimum atomic E-state index is -0.0430. The van der Waals surface area contributed by atoms with Crippen LogP contribution in [0.15, 0.2) is 48.8 Å². The Kier molecular flexibility index (Phi) is 3.74. The number of carbonyl (C=O) groups excluding carboxylic acids is 1. The van der Waals surface area contributed by atoms with Crippen LogP contribution in [0.4, 0.5) is 5.69 Å². The van der Waals surface area contributed by atoms with Crippen molar-refractivity contribution in [3.8, 4) is 0 Å². The first kappa shape index (κ1) is 13.8. The van der Waals surface area contributed by atoms with E-state index in [1.165, 1.54) is 11.1 Å². The van der Waals surface area contributed by atoms with Crippen molar-refractivity contribution < 1.29 is 4.79 Å². The van der Waals surface area contributed by atoms with Crippen LogP contribution >= 0.6 is 0 Å². The van der Waals surface area contributed by atoms with Gasteiger partial charge in [0.05, 0.1) is 0 Å². The van der Waals surface area contributed by atoms with Gasteiger partial charge in [-0.25, -0.2) is 0 Å². The molecule has 2 atom stereocenters. The van der Waals surface area contributed by atoms with Crippen molar-refractivity contribution in [2.45, 2.75) is 26.2 Å². The summed E-state index contributed by atoms with van der Waals surface area (Å²) in [5.41, 5.74) is 3.52. The van der Waals surface area contributed by atoms with Gasteiger partial charge in [-0.2, -0.15) is 0 Å². The molecule has 0 fully saturated rings. The number of benzene rings is 1. The number of rotatable bonds is 3. The second-order valence-electron chi connectivity index (χ2n) is 5.73. The molecule has 1 aromatic heterocycles. The molecular formula is C18H20N2O. The Balaban J connectivity index is 1.80. The van der Waals surface area contributed by atoms with E-state index in [9.17, 15) is 4.79 Å². The Morgan fingerprint density at radius 3 is 2.62 bits per heavy atom. The van der Waals surface area contributed by atoms with E-state index in [1.54, 1.807) is 12.4 Å². The van der Waals surface area contributed by atoms with Gasteiger partial charge in [-0.15, -0.1) is 0 Å². The van der Waals surface area contributed by atoms with Crippen LogP contribution in [0.3, 0.4) is 0 Å². The van der Waals surface area contributed by atoms with Gasteiger partial charge in [0.25, 0.3) is 0 Å². The van der Waals surface area contributed by atoms with E-state index in [1.807, 2.05) is 42.2 Å². The fourth-order valence-corrected chi connectivity index (χ4v) is 2.98. The lowest BCUT2D eigenvalue weighted by molar-refractivity contribution is -0.122. The lowest BCUT2D eigenvalue weighted by Gasteiger charge is -2.25. The molecule has 0 aliphatic carbocycles. The molecule has 3 heteroatoms. The van der Waals surface area contributed by atoms with Crippen molar-refractivity contribution in [3.05, 3.63) is 59.9 Å². The van der Waals surface area contributed by atoms with Crippen LogP contribution in [-0.2, 0) is 11.2 Å². The van der Waals surface area contributed by atoms with E-state index in [4.69, 9.17) is 0 Å². The number of pyridine rings is 1. The van der Waals surface area contributed by atoms with E-state index in [0.717, 1.165) is 18.7 Å². The molecule has 2 aromatic rings. The molecule has 3 rings (SSSR count). The van der Waals surface area contributed by atoms with Gasteiger partial charge < -0.3 is 4.90 Å². The van der Waals surface area contributed by atoms with Crippen LogP contribution in [0.25, 0.3) is 0 Å². The summed E-state index contributed by atoms with van der Waals surface area (Å²) in [4.78, 5) is 18.8. The normalized spacial score (nSPS) is 16.4. The predicted molar refractivity (Wildman–Crippen MR) is 84.3 cm³/mol. The van der Waals surface area contributed by atoms with Gasteiger partial charge in [-0.3, -0.25) is 9.78 Å². The molecule has 1 aliphatic heterocycles. The Hall–Kier alpha value is -2.16. The number of carbonyl (C=O) groups is 1. The summed E-state index contributed by atoms with van der Waals surface area (Å²) >= 11 is 0. The maximum absolute atomic E-state index is 12.8. The quantitative estimate of drug-likeness (QED) is 0.863. The van der Waals surface area contributed by atoms with Crippen molar-refractivity contribution in [2.75, 3.05) is 11.4 Å². The van der Waals surface area contributed by atoms with Crippen LogP contribution < -0.4 is 4.90 Å². The summed E-state index contributed by atoms with van der Waals surface area (Å²) in [5.74, 6) is 0.357. The lowest BCUT2D eigenvalue weighted by Crippen LogP contribution is -2.35. The number of nitrogens with zero attached hydrogens (tertiary/aromatic N) is 2. The van der Waals surface area contributed by atoms with Crippen LogP contribution in [-0.4, -0.2) is 17.4 Å². The van der Waals surface area contributed by atoms with Crippen molar-refractivity contribution >= 4 is 11.6 Å². The lowest BCUT2D eigenvalue weighted by atomic mass is 9.88. The van der Waals surface area contributed by atoms with Gasteiger partial charge in [0, 0.05) is 30.5 Å². The number of aromatic nitrogens is 1. The molecule has 108 valence electrons. The summed E-state index contributed by atoms with van der Waals surface area (Å²) in [6.45, 7) is 4.93. The summed E-state index contributed by atoms with van der Waals surface area (Å²) in [6, 6.07) is 12.2. The first-order chi connectivity index (χ1) is 10.2. The third kappa shape index (κ3) is 2.56. The summed E-state index contributed by atoms with van der Waals surface area (Å²) in [7, 11) is 0. The number of anilines is 1. The molecule has 0 saturated heterocycles. The molecule has 0 radical (unpaired) electrons. The molecule has 0 spiro atoms. The average molecular weight is 280 g/mol. The van der Waals surface area contributed by atoms with E-state index < -0.39 is 0 Å². The molecular weight excluding hydrogens is 260 g/mol. The minimum Gasteiger partial charge on any atom is -0.312 e. The average Bonchev–Trinajstić information content (AvgIpc) is 2.97. The molecule has 1 aromatic carbocycles. The monoisotopic (exact) mass is 280 g/mol. The minimum absolute atomic E-state index is 0.0430. The molecule has 0 saturated carbocycles. The Morgan fingerprint density at radius 1 is 1.14 bits per heavy atom. The fourth-order valence-electron chi connectivity index (χ4n) is 2.98. The topological polar surface area (TPSA) is 33.2 Å². The second kappa shape index (κ2) is 5.68. The summed E-state index contributed by atoms with van der Waals surface area (Å²) < 4.78 is 0. The first-order valence-electron chi connectivity index (χ1n) is 7.47. The summed E-state index contributed by atoms with van der Waals surface area (Å²) in [6.07, 6.45) is 4.53. The van der Waals surface area contributed by atoms with Crippen molar-refractivity contribution in [1.82, 2.24) is 4.98 Å². The Morgan fingerprint density at radius 2 is 1.86 bits per heavy atom. The Bertz CT molecular complexity index is 639. The highest BCUT2D eigenvalue weighted by Gasteiger charge is 2.30. The van der Waals surface area contributed by atoms with E-state index in [0.29, 0.717) is 0 Å². The number of fused-ring (bicyclic) bond motifs is 1. The zero-order valence-electron chi connectivity index (χ0n) is 12.5. The molecule has 3 nitrogen and oxygen atoms in total. The van der Waals surface area contributed by atoms with E-state index in [2.05, 4.69) is 18.0 Å². The standard InChI is InChI=1S/C18H20N2O/c1-13(15-7-10-19-11-8-15)14(2)18(21)20-12-9-16-5-3-4-6-17(16)20/h3-8,10-11,13-14H,9,12H2,1-2H3. The van der Waals surface area contributed by atoms with Gasteiger partial charge in [0.1, 0.15) is 0 Å². The van der Waals surface area contributed by atoms with Crippen LogP contribution in [0, 0.1) is 5.92 Å². The van der Waals surface area contributed by atoms with Crippen LogP contribution in [0.2, 0.25) is 0 Å². The van der Waals surface area contributed by atoms with Crippen molar-refractivity contribution in [1.29, 1.82) is 0 Å². The maximum atomic E-state index is 12.8. The van der Waals surface area contributed by atoms with Gasteiger partial charge in [-0.05, 0) is 41.7 Å². The van der Waals surface area contributed by atoms with E-state index in [-0.39, 0.29) is 17.7 Å². The van der Waals surface area contributed by atoms with Gasteiger partial charge >= 0.3 is 0 Å². The van der Waals surface area contributed by atoms with E-state index >= 15 is 0 Å². The molecule has 1 amide bonds. The zero-order chi connectivity index (χ0) is 14.8. The van der Waals surface area contributed by atoms with Crippen LogP contribution in [0.5, 0.6) is 0 Å². The van der Waals surface area contributed by atoms with Gasteiger partial charge in [-0.1, -0.05) is 32.0 Å². The number of hydrogen-bond acceptors (Lipinski definition) is 2. The van der Waals surface area contributed by atoms with Crippen molar-refractivity contribution in [3.63, 3.8) is 0 Å². The fraction of sp³-hybridized carbons (Fsp3) is 0.333. The first-order valence-corrected chi connectivity index (χ1v) is 7.47. The summed E-state index contributed by atoms with van der Waals surface area (Å²) in [5, 5.41) is 0. The van der Waals surface area contributed by atoms with Crippen LogP contribution in [0.1, 0.15) is 30.9 Å². The number of hydrogen-bond donors (Lipinski definition) is 0. The third-order valence-corrected chi connectivity index (χ3v) is 4.52. The molecule has 21 heavy (non-hydrogen) atoms. The Labute approximate surface area is 125 Å². The SMILES string of the molecule is CC(C(=O)N1CCc2ccccc21)C(C)c1ccncc1. The molecule has 0 bridgehead atoms. The molecule has 1 aliphatic rings. The number of para-hydroxylation sites is 1. The predicted octanol–water partition coefficient (Wildman–Crippen LogP) is 3.41.